The molecule has 0 radical (unpaired) electrons. The summed E-state index contributed by atoms with van der Waals surface area (Å²) in [6.45, 7) is 0. The highest BCUT2D eigenvalue weighted by Gasteiger charge is 2.22. The zero-order valence-electron chi connectivity index (χ0n) is 8.96. The van der Waals surface area contributed by atoms with Gasteiger partial charge >= 0.3 is 0 Å². The number of hydrogen-bond acceptors (Lipinski definition) is 4. The van der Waals surface area contributed by atoms with Crippen LogP contribution >= 0.6 is 22.3 Å². The molecule has 0 aromatic heterocycles. The van der Waals surface area contributed by atoms with Gasteiger partial charge in [-0.25, -0.2) is 12.8 Å². The minimum atomic E-state index is -3.89. The van der Waals surface area contributed by atoms with Crippen molar-refractivity contribution < 1.29 is 22.3 Å². The van der Waals surface area contributed by atoms with Crippen LogP contribution in [0, 0.1) is 5.82 Å². The van der Waals surface area contributed by atoms with Crippen LogP contribution in [0.4, 0.5) is 4.39 Å². The molecular formula is C9H9Cl2FO4S. The summed E-state index contributed by atoms with van der Waals surface area (Å²) in [5.74, 6) is -1.36. The van der Waals surface area contributed by atoms with Crippen molar-refractivity contribution in [3.8, 4) is 11.5 Å². The van der Waals surface area contributed by atoms with E-state index in [1.165, 1.54) is 14.2 Å². The van der Waals surface area contributed by atoms with Gasteiger partial charge in [0, 0.05) is 22.3 Å². The van der Waals surface area contributed by atoms with E-state index < -0.39 is 20.6 Å². The lowest BCUT2D eigenvalue weighted by atomic mass is 10.2. The molecular weight excluding hydrogens is 294 g/mol. The van der Waals surface area contributed by atoms with Gasteiger partial charge in [-0.2, -0.15) is 0 Å². The maximum absolute atomic E-state index is 13.4. The smallest absolute Gasteiger partial charge is 0.236 e. The highest BCUT2D eigenvalue weighted by molar-refractivity contribution is 8.13. The normalized spacial score (nSPS) is 11.4. The fraction of sp³-hybridized carbons (Fsp3) is 0.333. The molecule has 17 heavy (non-hydrogen) atoms. The molecule has 4 nitrogen and oxygen atoms in total. The Balaban J connectivity index is 3.49. The number of halogens is 3. The molecule has 0 N–H and O–H groups in total. The van der Waals surface area contributed by atoms with Gasteiger partial charge in [0.25, 0.3) is 0 Å². The van der Waals surface area contributed by atoms with Crippen molar-refractivity contribution >= 4 is 31.3 Å². The molecule has 0 fully saturated rings. The Bertz CT molecular complexity index is 530. The zero-order chi connectivity index (χ0) is 13.2. The van der Waals surface area contributed by atoms with Crippen LogP contribution in [0.1, 0.15) is 5.56 Å². The lowest BCUT2D eigenvalue weighted by molar-refractivity contribution is 0.350. The number of ether oxygens (including phenoxy) is 2. The highest BCUT2D eigenvalue weighted by atomic mass is 35.7. The molecule has 0 aliphatic carbocycles. The van der Waals surface area contributed by atoms with Gasteiger partial charge in [0.2, 0.25) is 9.05 Å². The summed E-state index contributed by atoms with van der Waals surface area (Å²) in [6.07, 6.45) is 0. The summed E-state index contributed by atoms with van der Waals surface area (Å²) >= 11 is 5.68. The standard InChI is InChI=1S/C9H9Cl2FO4S/c1-15-7-3-6(12)8(10)5(9(7)16-2)4-17(11,13)14/h3H,4H2,1-2H3. The monoisotopic (exact) mass is 302 g/mol. The Labute approximate surface area is 108 Å². The van der Waals surface area contributed by atoms with Crippen molar-refractivity contribution in [1.82, 2.24) is 0 Å². The van der Waals surface area contributed by atoms with Crippen LogP contribution in [0.5, 0.6) is 11.5 Å². The SMILES string of the molecule is COc1cc(F)c(Cl)c(CS(=O)(=O)Cl)c1OC. The summed E-state index contributed by atoms with van der Waals surface area (Å²) in [4.78, 5) is 0. The van der Waals surface area contributed by atoms with Crippen LogP contribution in [-0.4, -0.2) is 22.6 Å². The summed E-state index contributed by atoms with van der Waals surface area (Å²) in [7, 11) is 3.81. The van der Waals surface area contributed by atoms with E-state index in [4.69, 9.17) is 31.8 Å². The Morgan fingerprint density at radius 1 is 1.35 bits per heavy atom. The largest absolute Gasteiger partial charge is 0.493 e. The second-order valence-corrected chi connectivity index (χ2v) is 6.22. The van der Waals surface area contributed by atoms with Gasteiger partial charge in [0.1, 0.15) is 5.82 Å². The molecule has 1 rings (SSSR count). The van der Waals surface area contributed by atoms with E-state index in [1.807, 2.05) is 0 Å². The molecule has 0 heterocycles. The molecule has 0 saturated carbocycles. The van der Waals surface area contributed by atoms with Crippen LogP contribution in [0.15, 0.2) is 6.07 Å². The van der Waals surface area contributed by atoms with E-state index in [0.29, 0.717) is 0 Å². The molecule has 0 atom stereocenters. The quantitative estimate of drug-likeness (QED) is 0.802. The first-order valence-electron chi connectivity index (χ1n) is 4.31. The third-order valence-electron chi connectivity index (χ3n) is 1.97. The zero-order valence-corrected chi connectivity index (χ0v) is 11.3. The molecule has 0 unspecified atom stereocenters. The van der Waals surface area contributed by atoms with Crippen LogP contribution in [0.25, 0.3) is 0 Å². The van der Waals surface area contributed by atoms with Gasteiger partial charge < -0.3 is 9.47 Å². The third kappa shape index (κ3) is 3.37. The molecule has 0 saturated heterocycles. The van der Waals surface area contributed by atoms with E-state index >= 15 is 0 Å². The van der Waals surface area contributed by atoms with Crippen LogP contribution < -0.4 is 9.47 Å². The highest BCUT2D eigenvalue weighted by Crippen LogP contribution is 2.39. The Morgan fingerprint density at radius 2 is 1.94 bits per heavy atom. The predicted octanol–water partition coefficient (Wildman–Crippen LogP) is 2.56. The number of methoxy groups -OCH3 is 2. The summed E-state index contributed by atoms with van der Waals surface area (Å²) < 4.78 is 45.3. The van der Waals surface area contributed by atoms with E-state index in [1.54, 1.807) is 0 Å². The molecule has 1 aromatic rings. The summed E-state index contributed by atoms with van der Waals surface area (Å²) in [5.41, 5.74) is -0.0685. The Morgan fingerprint density at radius 3 is 2.35 bits per heavy atom. The number of benzene rings is 1. The average molecular weight is 303 g/mol. The average Bonchev–Trinajstić information content (AvgIpc) is 2.22. The van der Waals surface area contributed by atoms with E-state index in [0.717, 1.165) is 6.07 Å². The van der Waals surface area contributed by atoms with Gasteiger partial charge in [-0.05, 0) is 0 Å². The maximum Gasteiger partial charge on any atom is 0.236 e. The van der Waals surface area contributed by atoms with Gasteiger partial charge in [-0.3, -0.25) is 0 Å². The Hall–Kier alpha value is -0.720. The van der Waals surface area contributed by atoms with Crippen molar-refractivity contribution in [3.63, 3.8) is 0 Å². The molecule has 0 aliphatic heterocycles. The van der Waals surface area contributed by atoms with Crippen molar-refractivity contribution in [2.75, 3.05) is 14.2 Å². The topological polar surface area (TPSA) is 52.6 Å². The maximum atomic E-state index is 13.4. The number of hydrogen-bond donors (Lipinski definition) is 0. The van der Waals surface area contributed by atoms with Gasteiger partial charge in [0.05, 0.1) is 25.0 Å². The van der Waals surface area contributed by atoms with Crippen molar-refractivity contribution in [2.45, 2.75) is 5.75 Å². The first kappa shape index (κ1) is 14.3. The molecule has 0 aliphatic rings. The number of rotatable bonds is 4. The van der Waals surface area contributed by atoms with Crippen molar-refractivity contribution in [1.29, 1.82) is 0 Å². The first-order chi connectivity index (χ1) is 7.80. The lowest BCUT2D eigenvalue weighted by Crippen LogP contribution is -2.03. The first-order valence-corrected chi connectivity index (χ1v) is 7.17. The second-order valence-electron chi connectivity index (χ2n) is 3.07. The molecule has 8 heteroatoms. The summed E-state index contributed by atoms with van der Waals surface area (Å²) in [6, 6.07) is 1.01. The van der Waals surface area contributed by atoms with Crippen molar-refractivity contribution in [3.05, 3.63) is 22.5 Å². The third-order valence-corrected chi connectivity index (χ3v) is 3.34. The second kappa shape index (κ2) is 5.29. The van der Waals surface area contributed by atoms with E-state index in [9.17, 15) is 12.8 Å². The van der Waals surface area contributed by atoms with E-state index in [-0.39, 0.29) is 22.1 Å². The van der Waals surface area contributed by atoms with Gasteiger partial charge in [0.15, 0.2) is 11.5 Å². The molecule has 0 bridgehead atoms. The van der Waals surface area contributed by atoms with Crippen LogP contribution in [0.2, 0.25) is 5.02 Å². The van der Waals surface area contributed by atoms with Gasteiger partial charge in [-0.15, -0.1) is 0 Å². The van der Waals surface area contributed by atoms with Crippen LogP contribution in [-0.2, 0) is 14.8 Å². The summed E-state index contributed by atoms with van der Waals surface area (Å²) in [5, 5.41) is -0.355. The van der Waals surface area contributed by atoms with Gasteiger partial charge in [-0.1, -0.05) is 11.6 Å². The predicted molar refractivity (Wildman–Crippen MR) is 63.0 cm³/mol. The minimum absolute atomic E-state index is 0.0446. The minimum Gasteiger partial charge on any atom is -0.493 e. The van der Waals surface area contributed by atoms with E-state index in [2.05, 4.69) is 0 Å². The van der Waals surface area contributed by atoms with Crippen LogP contribution in [0.3, 0.4) is 0 Å². The molecule has 1 aromatic carbocycles. The fourth-order valence-corrected chi connectivity index (χ4v) is 2.55. The fourth-order valence-electron chi connectivity index (χ4n) is 1.31. The van der Waals surface area contributed by atoms with Crippen molar-refractivity contribution in [2.24, 2.45) is 0 Å². The molecule has 0 spiro atoms. The molecule has 96 valence electrons. The lowest BCUT2D eigenvalue weighted by Gasteiger charge is -2.13. The molecule has 0 amide bonds. The Kier molecular flexibility index (Phi) is 4.46.